The number of thiol groups is 1. The highest BCUT2D eigenvalue weighted by atomic mass is 32.1. The van der Waals surface area contributed by atoms with Crippen LogP contribution < -0.4 is 0 Å². The van der Waals surface area contributed by atoms with E-state index in [2.05, 4.69) is 19.2 Å². The summed E-state index contributed by atoms with van der Waals surface area (Å²) in [5.41, 5.74) is 0.850. The van der Waals surface area contributed by atoms with Crippen LogP contribution in [-0.2, 0) is 9.59 Å². The number of nitrogens with zero attached hydrogens (tertiary/aromatic N) is 2. The van der Waals surface area contributed by atoms with Gasteiger partial charge in [0.1, 0.15) is 0 Å². The number of hydrogen-bond acceptors (Lipinski definition) is 3. The highest BCUT2D eigenvalue weighted by Gasteiger charge is 2.33. The summed E-state index contributed by atoms with van der Waals surface area (Å²) < 4.78 is 0. The van der Waals surface area contributed by atoms with Gasteiger partial charge < -0.3 is 9.80 Å². The molecular formula is C11H18N2O2S. The van der Waals surface area contributed by atoms with Gasteiger partial charge in [-0.1, -0.05) is 6.58 Å². The summed E-state index contributed by atoms with van der Waals surface area (Å²) in [6.45, 7) is 9.21. The van der Waals surface area contributed by atoms with Crippen LogP contribution in [0.25, 0.3) is 0 Å². The van der Waals surface area contributed by atoms with Crippen LogP contribution >= 0.6 is 12.6 Å². The zero-order chi connectivity index (χ0) is 12.3. The third-order valence-electron chi connectivity index (χ3n) is 2.60. The summed E-state index contributed by atoms with van der Waals surface area (Å²) in [4.78, 5) is 26.6. The van der Waals surface area contributed by atoms with E-state index in [0.717, 1.165) is 5.57 Å². The predicted octanol–water partition coefficient (Wildman–Crippen LogP) is 0.552. The maximum atomic E-state index is 11.8. The molecule has 0 aromatic heterocycles. The third-order valence-corrected chi connectivity index (χ3v) is 3.05. The Kier molecular flexibility index (Phi) is 4.41. The van der Waals surface area contributed by atoms with Crippen LogP contribution in [0.3, 0.4) is 0 Å². The van der Waals surface area contributed by atoms with Crippen LogP contribution in [0.15, 0.2) is 12.2 Å². The molecule has 1 aliphatic heterocycles. The van der Waals surface area contributed by atoms with Crippen LogP contribution in [0.4, 0.5) is 0 Å². The van der Waals surface area contributed by atoms with Crippen molar-refractivity contribution in [3.8, 4) is 0 Å². The van der Waals surface area contributed by atoms with E-state index >= 15 is 0 Å². The molecule has 2 amide bonds. The fourth-order valence-corrected chi connectivity index (χ4v) is 1.75. The Morgan fingerprint density at radius 2 is 2.00 bits per heavy atom. The molecule has 0 spiro atoms. The fraction of sp³-hybridized carbons (Fsp3) is 0.636. The molecule has 0 saturated carbocycles. The summed E-state index contributed by atoms with van der Waals surface area (Å²) in [5, 5.41) is 0. The van der Waals surface area contributed by atoms with Crippen LogP contribution in [0.1, 0.15) is 13.8 Å². The van der Waals surface area contributed by atoms with Crippen molar-refractivity contribution < 1.29 is 9.59 Å². The topological polar surface area (TPSA) is 40.6 Å². The average molecular weight is 242 g/mol. The van der Waals surface area contributed by atoms with E-state index in [0.29, 0.717) is 25.4 Å². The van der Waals surface area contributed by atoms with E-state index < -0.39 is 11.8 Å². The second-order valence-corrected chi connectivity index (χ2v) is 4.54. The van der Waals surface area contributed by atoms with Crippen molar-refractivity contribution in [2.75, 3.05) is 25.4 Å². The van der Waals surface area contributed by atoms with Crippen LogP contribution in [-0.4, -0.2) is 53.0 Å². The maximum absolute atomic E-state index is 11.8. The molecule has 1 saturated heterocycles. The van der Waals surface area contributed by atoms with Gasteiger partial charge in [-0.05, 0) is 19.4 Å². The van der Waals surface area contributed by atoms with Gasteiger partial charge in [0.05, 0.1) is 0 Å². The molecule has 16 heavy (non-hydrogen) atoms. The van der Waals surface area contributed by atoms with Crippen molar-refractivity contribution in [1.29, 1.82) is 0 Å². The van der Waals surface area contributed by atoms with Crippen molar-refractivity contribution >= 4 is 24.4 Å². The maximum Gasteiger partial charge on any atom is 0.312 e. The molecule has 5 heteroatoms. The van der Waals surface area contributed by atoms with Crippen molar-refractivity contribution in [2.45, 2.75) is 19.9 Å². The number of rotatable bonds is 4. The van der Waals surface area contributed by atoms with E-state index in [4.69, 9.17) is 0 Å². The van der Waals surface area contributed by atoms with Crippen LogP contribution in [0.2, 0.25) is 0 Å². The average Bonchev–Trinajstić information content (AvgIpc) is 2.24. The number of amides is 2. The van der Waals surface area contributed by atoms with Gasteiger partial charge in [0.25, 0.3) is 0 Å². The lowest BCUT2D eigenvalue weighted by atomic mass is 10.2. The lowest BCUT2D eigenvalue weighted by Gasteiger charge is -2.36. The first-order valence-electron chi connectivity index (χ1n) is 5.34. The van der Waals surface area contributed by atoms with Crippen molar-refractivity contribution in [3.63, 3.8) is 0 Å². The molecule has 0 aliphatic carbocycles. The molecule has 0 unspecified atom stereocenters. The highest BCUT2D eigenvalue weighted by Crippen LogP contribution is 2.10. The number of piperazine rings is 1. The summed E-state index contributed by atoms with van der Waals surface area (Å²) in [6, 6.07) is 0.0756. The van der Waals surface area contributed by atoms with Crippen LogP contribution in [0.5, 0.6) is 0 Å². The highest BCUT2D eigenvalue weighted by molar-refractivity contribution is 7.80. The Labute approximate surface area is 102 Å². The monoisotopic (exact) mass is 242 g/mol. The minimum atomic E-state index is -0.428. The Hall–Kier alpha value is -0.970. The molecular weight excluding hydrogens is 224 g/mol. The Morgan fingerprint density at radius 3 is 2.50 bits per heavy atom. The lowest BCUT2D eigenvalue weighted by Crippen LogP contribution is -2.56. The van der Waals surface area contributed by atoms with Gasteiger partial charge in [-0.2, -0.15) is 12.6 Å². The minimum absolute atomic E-state index is 0.0756. The first-order chi connectivity index (χ1) is 7.47. The van der Waals surface area contributed by atoms with Gasteiger partial charge in [0, 0.05) is 31.4 Å². The molecule has 1 fully saturated rings. The molecule has 0 atom stereocenters. The second kappa shape index (κ2) is 5.39. The largest absolute Gasteiger partial charge is 0.330 e. The van der Waals surface area contributed by atoms with Gasteiger partial charge in [-0.15, -0.1) is 0 Å². The van der Waals surface area contributed by atoms with Gasteiger partial charge in [0.2, 0.25) is 0 Å². The Bertz CT molecular complexity index is 315. The lowest BCUT2D eigenvalue weighted by molar-refractivity contribution is -0.156. The molecule has 1 aliphatic rings. The smallest absolute Gasteiger partial charge is 0.312 e. The van der Waals surface area contributed by atoms with Gasteiger partial charge in [0.15, 0.2) is 0 Å². The third kappa shape index (κ3) is 2.78. The van der Waals surface area contributed by atoms with E-state index in [9.17, 15) is 9.59 Å². The summed E-state index contributed by atoms with van der Waals surface area (Å²) in [5.74, 6) is -0.303. The number of hydrogen-bond donors (Lipinski definition) is 1. The number of carbonyl (C=O) groups excluding carboxylic acids is 2. The van der Waals surface area contributed by atoms with Gasteiger partial charge >= 0.3 is 11.8 Å². The zero-order valence-corrected chi connectivity index (χ0v) is 10.7. The van der Waals surface area contributed by atoms with Crippen LogP contribution in [0, 0.1) is 0 Å². The first-order valence-corrected chi connectivity index (χ1v) is 5.98. The molecule has 0 bridgehead atoms. The van der Waals surface area contributed by atoms with E-state index in [1.54, 1.807) is 9.80 Å². The normalized spacial score (nSPS) is 17.2. The SMILES string of the molecule is C=C(CS)CN1CCN(C(C)C)C(=O)C1=O. The molecule has 1 rings (SSSR count). The van der Waals surface area contributed by atoms with Crippen molar-refractivity contribution in [1.82, 2.24) is 9.80 Å². The Morgan fingerprint density at radius 1 is 1.38 bits per heavy atom. The van der Waals surface area contributed by atoms with Crippen molar-refractivity contribution in [3.05, 3.63) is 12.2 Å². The summed E-state index contributed by atoms with van der Waals surface area (Å²) in [7, 11) is 0. The molecule has 0 aromatic rings. The predicted molar refractivity (Wildman–Crippen MR) is 66.4 cm³/mol. The van der Waals surface area contributed by atoms with Gasteiger partial charge in [-0.3, -0.25) is 9.59 Å². The second-order valence-electron chi connectivity index (χ2n) is 4.23. The van der Waals surface area contributed by atoms with E-state index in [1.807, 2.05) is 13.8 Å². The first kappa shape index (κ1) is 13.1. The molecule has 0 aromatic carbocycles. The van der Waals surface area contributed by atoms with E-state index in [1.165, 1.54) is 0 Å². The summed E-state index contributed by atoms with van der Waals surface area (Å²) in [6.07, 6.45) is 0. The Balaban J connectivity index is 2.65. The molecule has 4 nitrogen and oxygen atoms in total. The van der Waals surface area contributed by atoms with Crippen molar-refractivity contribution in [2.24, 2.45) is 0 Å². The zero-order valence-electron chi connectivity index (χ0n) is 9.77. The quantitative estimate of drug-likeness (QED) is 0.444. The van der Waals surface area contributed by atoms with E-state index in [-0.39, 0.29) is 6.04 Å². The molecule has 0 N–H and O–H groups in total. The molecule has 0 radical (unpaired) electrons. The van der Waals surface area contributed by atoms with Gasteiger partial charge in [-0.25, -0.2) is 0 Å². The minimum Gasteiger partial charge on any atom is -0.330 e. The standard InChI is InChI=1S/C11H18N2O2S/c1-8(2)13-5-4-12(6-9(3)7-16)10(14)11(13)15/h8,16H,3-7H2,1-2H3. The molecule has 1 heterocycles. The fourth-order valence-electron chi connectivity index (χ4n) is 1.65. The molecule has 90 valence electrons. The summed E-state index contributed by atoms with van der Waals surface area (Å²) >= 11 is 4.08. The number of carbonyl (C=O) groups is 2.